The summed E-state index contributed by atoms with van der Waals surface area (Å²) in [5.41, 5.74) is 1.60. The third kappa shape index (κ3) is 4.75. The number of ether oxygens (including phenoxy) is 3. The highest BCUT2D eigenvalue weighted by Crippen LogP contribution is 2.31. The summed E-state index contributed by atoms with van der Waals surface area (Å²) in [7, 11) is 6.48. The molecule has 0 unspecified atom stereocenters. The lowest BCUT2D eigenvalue weighted by atomic mass is 10.1. The van der Waals surface area contributed by atoms with Gasteiger partial charge in [-0.25, -0.2) is 4.79 Å². The average molecular weight is 309 g/mol. The second-order valence-corrected chi connectivity index (χ2v) is 4.83. The summed E-state index contributed by atoms with van der Waals surface area (Å²) in [4.78, 5) is 12.9. The van der Waals surface area contributed by atoms with Gasteiger partial charge in [-0.15, -0.1) is 0 Å². The fraction of sp³-hybridized carbons (Fsp3) is 0.333. The first kappa shape index (κ1) is 17.0. The highest BCUT2D eigenvalue weighted by molar-refractivity contribution is 7.80. The number of methoxy groups -OCH3 is 2. The third-order valence-electron chi connectivity index (χ3n) is 2.72. The monoisotopic (exact) mass is 309 g/mol. The molecular weight excluding hydrogens is 290 g/mol. The third-order valence-corrected chi connectivity index (χ3v) is 3.17. The number of carbonyl (C=O) groups is 1. The summed E-state index contributed by atoms with van der Waals surface area (Å²) in [5.74, 6) is 0.653. The maximum absolute atomic E-state index is 11.3. The molecule has 1 rings (SSSR count). The summed E-state index contributed by atoms with van der Waals surface area (Å²) in [6, 6.07) is 5.35. The fourth-order valence-corrected chi connectivity index (χ4v) is 1.59. The Morgan fingerprint density at radius 2 is 1.90 bits per heavy atom. The molecule has 0 fully saturated rings. The van der Waals surface area contributed by atoms with Gasteiger partial charge < -0.3 is 19.1 Å². The van der Waals surface area contributed by atoms with Gasteiger partial charge in [0, 0.05) is 20.2 Å². The van der Waals surface area contributed by atoms with E-state index in [2.05, 4.69) is 4.74 Å². The molecule has 114 valence electrons. The van der Waals surface area contributed by atoms with Crippen molar-refractivity contribution in [1.82, 2.24) is 4.90 Å². The van der Waals surface area contributed by atoms with E-state index in [-0.39, 0.29) is 0 Å². The topological polar surface area (TPSA) is 48.0 Å². The summed E-state index contributed by atoms with van der Waals surface area (Å²) in [6.45, 7) is 1.82. The molecule has 21 heavy (non-hydrogen) atoms. The van der Waals surface area contributed by atoms with E-state index in [4.69, 9.17) is 21.7 Å². The first-order valence-corrected chi connectivity index (χ1v) is 6.63. The maximum atomic E-state index is 11.3. The Morgan fingerprint density at radius 3 is 2.43 bits per heavy atom. The minimum atomic E-state index is -0.402. The van der Waals surface area contributed by atoms with Gasteiger partial charge in [-0.1, -0.05) is 6.07 Å². The van der Waals surface area contributed by atoms with E-state index in [0.29, 0.717) is 16.7 Å². The van der Waals surface area contributed by atoms with Gasteiger partial charge in [0.1, 0.15) is 0 Å². The van der Waals surface area contributed by atoms with Gasteiger partial charge in [0.15, 0.2) is 11.5 Å². The Morgan fingerprint density at radius 1 is 1.24 bits per heavy atom. The SMILES string of the molecule is COC(=O)/C=C(/C)c1ccc(OC(=S)N(C)C)c(OC)c1. The number of esters is 1. The van der Waals surface area contributed by atoms with Crippen LogP contribution in [0.4, 0.5) is 0 Å². The molecule has 0 aromatic heterocycles. The lowest BCUT2D eigenvalue weighted by Crippen LogP contribution is -2.25. The highest BCUT2D eigenvalue weighted by atomic mass is 32.1. The van der Waals surface area contributed by atoms with E-state index in [1.165, 1.54) is 13.2 Å². The van der Waals surface area contributed by atoms with Gasteiger partial charge in [-0.2, -0.15) is 0 Å². The van der Waals surface area contributed by atoms with Crippen molar-refractivity contribution in [3.8, 4) is 11.5 Å². The van der Waals surface area contributed by atoms with Crippen molar-refractivity contribution in [3.05, 3.63) is 29.8 Å². The summed E-state index contributed by atoms with van der Waals surface area (Å²) in [5, 5.41) is 0.336. The van der Waals surface area contributed by atoms with Crippen LogP contribution in [0, 0.1) is 0 Å². The molecule has 0 radical (unpaired) electrons. The molecule has 0 aliphatic rings. The number of carbonyl (C=O) groups excluding carboxylic acids is 1. The molecule has 0 bridgehead atoms. The number of allylic oxidation sites excluding steroid dienone is 1. The van der Waals surface area contributed by atoms with Crippen LogP contribution < -0.4 is 9.47 Å². The number of benzene rings is 1. The number of hydrogen-bond acceptors (Lipinski definition) is 5. The Hall–Kier alpha value is -2.08. The standard InChI is InChI=1S/C15H19NO4S/c1-10(8-14(17)19-5)11-6-7-12(13(9-11)18-4)20-15(21)16(2)3/h6-9H,1-5H3/b10-8-. The molecular formula is C15H19NO4S. The molecule has 0 atom stereocenters. The van der Waals surface area contributed by atoms with Gasteiger partial charge in [0.05, 0.1) is 14.2 Å². The zero-order valence-corrected chi connectivity index (χ0v) is 13.6. The molecule has 0 spiro atoms. The molecule has 0 heterocycles. The number of thiocarbonyl (C=S) groups is 1. The van der Waals surface area contributed by atoms with Crippen LogP contribution in [0.3, 0.4) is 0 Å². The molecule has 6 heteroatoms. The van der Waals surface area contributed by atoms with Crippen molar-refractivity contribution < 1.29 is 19.0 Å². The largest absolute Gasteiger partial charge is 0.493 e. The first-order chi connectivity index (χ1) is 9.88. The molecule has 0 aliphatic heterocycles. The second-order valence-electron chi connectivity index (χ2n) is 4.48. The van der Waals surface area contributed by atoms with E-state index in [9.17, 15) is 4.79 Å². The zero-order chi connectivity index (χ0) is 16.0. The van der Waals surface area contributed by atoms with Crippen LogP contribution in [0.2, 0.25) is 0 Å². The molecule has 0 saturated carbocycles. The molecule has 0 aliphatic carbocycles. The summed E-state index contributed by atoms with van der Waals surface area (Å²) >= 11 is 5.10. The van der Waals surface area contributed by atoms with Crippen LogP contribution in [0.15, 0.2) is 24.3 Å². The van der Waals surface area contributed by atoms with Crippen molar-refractivity contribution in [2.75, 3.05) is 28.3 Å². The van der Waals surface area contributed by atoms with Gasteiger partial charge in [0.2, 0.25) is 0 Å². The normalized spacial score (nSPS) is 10.8. The average Bonchev–Trinajstić information content (AvgIpc) is 2.46. The number of nitrogens with zero attached hydrogens (tertiary/aromatic N) is 1. The van der Waals surface area contributed by atoms with Gasteiger partial charge in [-0.05, 0) is 42.4 Å². The van der Waals surface area contributed by atoms with Crippen molar-refractivity contribution in [3.63, 3.8) is 0 Å². The van der Waals surface area contributed by atoms with E-state index < -0.39 is 5.97 Å². The number of hydrogen-bond donors (Lipinski definition) is 0. The zero-order valence-electron chi connectivity index (χ0n) is 12.8. The highest BCUT2D eigenvalue weighted by Gasteiger charge is 2.11. The van der Waals surface area contributed by atoms with E-state index in [1.54, 1.807) is 38.2 Å². The lowest BCUT2D eigenvalue weighted by Gasteiger charge is -2.16. The Kier molecular flexibility index (Phi) is 6.17. The summed E-state index contributed by atoms with van der Waals surface area (Å²) < 4.78 is 15.5. The smallest absolute Gasteiger partial charge is 0.330 e. The predicted octanol–water partition coefficient (Wildman–Crippen LogP) is 2.50. The minimum Gasteiger partial charge on any atom is -0.493 e. The lowest BCUT2D eigenvalue weighted by molar-refractivity contribution is -0.134. The Labute approximate surface area is 130 Å². The Balaban J connectivity index is 3.06. The van der Waals surface area contributed by atoms with Crippen molar-refractivity contribution in [2.45, 2.75) is 6.92 Å². The van der Waals surface area contributed by atoms with Crippen molar-refractivity contribution in [2.24, 2.45) is 0 Å². The molecule has 1 aromatic carbocycles. The van der Waals surface area contributed by atoms with Crippen LogP contribution >= 0.6 is 12.2 Å². The van der Waals surface area contributed by atoms with Crippen LogP contribution in [0.5, 0.6) is 11.5 Å². The molecule has 5 nitrogen and oxygen atoms in total. The quantitative estimate of drug-likeness (QED) is 0.484. The molecule has 1 aromatic rings. The van der Waals surface area contributed by atoms with Crippen LogP contribution in [0.1, 0.15) is 12.5 Å². The second kappa shape index (κ2) is 7.64. The molecule has 0 N–H and O–H groups in total. The first-order valence-electron chi connectivity index (χ1n) is 6.22. The van der Waals surface area contributed by atoms with E-state index in [1.807, 2.05) is 13.0 Å². The minimum absolute atomic E-state index is 0.336. The molecule has 0 saturated heterocycles. The van der Waals surface area contributed by atoms with Crippen LogP contribution in [-0.4, -0.2) is 44.4 Å². The van der Waals surface area contributed by atoms with Crippen LogP contribution in [0.25, 0.3) is 5.57 Å². The van der Waals surface area contributed by atoms with Gasteiger partial charge in [0.25, 0.3) is 5.17 Å². The van der Waals surface area contributed by atoms with Crippen molar-refractivity contribution in [1.29, 1.82) is 0 Å². The fourth-order valence-electron chi connectivity index (χ4n) is 1.50. The Bertz CT molecular complexity index is 567. The predicted molar refractivity (Wildman–Crippen MR) is 85.6 cm³/mol. The summed E-state index contributed by atoms with van der Waals surface area (Å²) in [6.07, 6.45) is 1.42. The van der Waals surface area contributed by atoms with E-state index in [0.717, 1.165) is 11.1 Å². The van der Waals surface area contributed by atoms with Crippen LogP contribution in [-0.2, 0) is 9.53 Å². The van der Waals surface area contributed by atoms with Gasteiger partial charge >= 0.3 is 5.97 Å². The van der Waals surface area contributed by atoms with Gasteiger partial charge in [-0.3, -0.25) is 0 Å². The molecule has 0 amide bonds. The number of rotatable bonds is 4. The van der Waals surface area contributed by atoms with Crippen molar-refractivity contribution >= 4 is 28.9 Å². The maximum Gasteiger partial charge on any atom is 0.330 e. The van der Waals surface area contributed by atoms with E-state index >= 15 is 0 Å².